The molecule has 0 radical (unpaired) electrons. The topological polar surface area (TPSA) is 53.1 Å². The van der Waals surface area contributed by atoms with Crippen LogP contribution in [0.2, 0.25) is 0 Å². The van der Waals surface area contributed by atoms with Crippen LogP contribution in [0.25, 0.3) is 11.0 Å². The van der Waals surface area contributed by atoms with Crippen LogP contribution < -0.4 is 5.73 Å². The molecule has 2 aromatic rings. The summed E-state index contributed by atoms with van der Waals surface area (Å²) in [4.78, 5) is 4.92. The van der Waals surface area contributed by atoms with Crippen LogP contribution in [-0.4, -0.2) is 16.2 Å². The number of hydrogen-bond donors (Lipinski definition) is 1. The highest BCUT2D eigenvalue weighted by Gasteiger charge is 2.39. The quantitative estimate of drug-likeness (QED) is 0.922. The molecule has 4 nitrogen and oxygen atoms in total. The molecule has 0 bridgehead atoms. The number of nitrogens with two attached hydrogens (primary N) is 1. The highest BCUT2D eigenvalue weighted by molar-refractivity contribution is 5.77. The predicted octanol–water partition coefficient (Wildman–Crippen LogP) is 3.28. The van der Waals surface area contributed by atoms with E-state index in [-0.39, 0.29) is 11.1 Å². The molecule has 2 N–H and O–H groups in total. The van der Waals surface area contributed by atoms with Gasteiger partial charge in [-0.2, -0.15) is 0 Å². The number of hydrogen-bond acceptors (Lipinski definition) is 3. The molecule has 4 heteroatoms. The molecule has 0 saturated carbocycles. The molecular weight excluding hydrogens is 262 g/mol. The van der Waals surface area contributed by atoms with Gasteiger partial charge in [-0.05, 0) is 58.2 Å². The SMILES string of the molecule is CC1(c2nc3cc(CN)ccc3n2C(C)(C)C)CCCO1. The summed E-state index contributed by atoms with van der Waals surface area (Å²) in [6.07, 6.45) is 2.12. The minimum absolute atomic E-state index is 0.0384. The van der Waals surface area contributed by atoms with Crippen molar-refractivity contribution in [3.63, 3.8) is 0 Å². The summed E-state index contributed by atoms with van der Waals surface area (Å²) in [6, 6.07) is 6.32. The lowest BCUT2D eigenvalue weighted by atomic mass is 9.99. The Morgan fingerprint density at radius 1 is 1.38 bits per heavy atom. The molecule has 1 aromatic carbocycles. The fourth-order valence-electron chi connectivity index (χ4n) is 3.24. The van der Waals surface area contributed by atoms with Gasteiger partial charge >= 0.3 is 0 Å². The fourth-order valence-corrected chi connectivity index (χ4v) is 3.24. The van der Waals surface area contributed by atoms with Crippen molar-refractivity contribution in [1.82, 2.24) is 9.55 Å². The second kappa shape index (κ2) is 4.82. The summed E-state index contributed by atoms with van der Waals surface area (Å²) < 4.78 is 8.37. The Hall–Kier alpha value is -1.39. The molecule has 0 aliphatic carbocycles. The van der Waals surface area contributed by atoms with Gasteiger partial charge in [0.05, 0.1) is 11.0 Å². The summed E-state index contributed by atoms with van der Waals surface area (Å²) >= 11 is 0. The average Bonchev–Trinajstić information content (AvgIpc) is 3.01. The van der Waals surface area contributed by atoms with E-state index in [4.69, 9.17) is 15.5 Å². The largest absolute Gasteiger partial charge is 0.367 e. The van der Waals surface area contributed by atoms with E-state index in [1.165, 1.54) is 0 Å². The molecule has 114 valence electrons. The van der Waals surface area contributed by atoms with Crippen LogP contribution in [0.5, 0.6) is 0 Å². The number of ether oxygens (including phenoxy) is 1. The summed E-state index contributed by atoms with van der Waals surface area (Å²) in [6.45, 7) is 10.2. The Morgan fingerprint density at radius 3 is 2.71 bits per heavy atom. The number of fused-ring (bicyclic) bond motifs is 1. The lowest BCUT2D eigenvalue weighted by Crippen LogP contribution is -2.32. The van der Waals surface area contributed by atoms with Gasteiger partial charge in [0.25, 0.3) is 0 Å². The van der Waals surface area contributed by atoms with Crippen molar-refractivity contribution >= 4 is 11.0 Å². The van der Waals surface area contributed by atoms with Crippen molar-refractivity contribution in [3.8, 4) is 0 Å². The van der Waals surface area contributed by atoms with E-state index < -0.39 is 0 Å². The van der Waals surface area contributed by atoms with Gasteiger partial charge in [0.2, 0.25) is 0 Å². The van der Waals surface area contributed by atoms with Gasteiger partial charge < -0.3 is 15.0 Å². The molecule has 1 aliphatic heterocycles. The number of aromatic nitrogens is 2. The molecule has 1 aliphatic rings. The van der Waals surface area contributed by atoms with E-state index in [0.717, 1.165) is 41.9 Å². The van der Waals surface area contributed by atoms with E-state index >= 15 is 0 Å². The Labute approximate surface area is 126 Å². The zero-order chi connectivity index (χ0) is 15.3. The molecule has 0 amide bonds. The summed E-state index contributed by atoms with van der Waals surface area (Å²) in [5.74, 6) is 1.04. The molecule has 1 saturated heterocycles. The zero-order valence-electron chi connectivity index (χ0n) is 13.4. The van der Waals surface area contributed by atoms with E-state index in [1.54, 1.807) is 0 Å². The maximum Gasteiger partial charge on any atom is 0.142 e. The van der Waals surface area contributed by atoms with Crippen molar-refractivity contribution in [2.24, 2.45) is 5.73 Å². The third-order valence-corrected chi connectivity index (χ3v) is 4.32. The van der Waals surface area contributed by atoms with Gasteiger partial charge in [0.15, 0.2) is 0 Å². The highest BCUT2D eigenvalue weighted by atomic mass is 16.5. The molecule has 2 heterocycles. The summed E-state index contributed by atoms with van der Waals surface area (Å²) in [7, 11) is 0. The van der Waals surface area contributed by atoms with Gasteiger partial charge in [-0.25, -0.2) is 4.98 Å². The molecular formula is C17H25N3O. The average molecular weight is 287 g/mol. The monoisotopic (exact) mass is 287 g/mol. The minimum atomic E-state index is -0.283. The third kappa shape index (κ3) is 2.36. The second-order valence-electron chi connectivity index (χ2n) is 7.15. The fraction of sp³-hybridized carbons (Fsp3) is 0.588. The standard InChI is InChI=1S/C17H25N3O/c1-16(2,3)20-14-7-6-12(11-18)10-13(14)19-15(20)17(4)8-5-9-21-17/h6-7,10H,5,8-9,11,18H2,1-4H3. The van der Waals surface area contributed by atoms with Crippen molar-refractivity contribution in [2.45, 2.75) is 58.2 Å². The van der Waals surface area contributed by atoms with Crippen LogP contribution >= 0.6 is 0 Å². The third-order valence-electron chi connectivity index (χ3n) is 4.32. The lowest BCUT2D eigenvalue weighted by Gasteiger charge is -2.31. The molecule has 1 aromatic heterocycles. The normalized spacial score (nSPS) is 23.1. The van der Waals surface area contributed by atoms with E-state index in [0.29, 0.717) is 6.54 Å². The molecule has 1 unspecified atom stereocenters. The van der Waals surface area contributed by atoms with Crippen molar-refractivity contribution in [2.75, 3.05) is 6.61 Å². The Balaban J connectivity index is 2.27. The Kier molecular flexibility index (Phi) is 3.34. The maximum absolute atomic E-state index is 6.04. The number of nitrogens with zero attached hydrogens (tertiary/aromatic N) is 2. The van der Waals surface area contributed by atoms with Crippen LogP contribution in [-0.2, 0) is 22.4 Å². The number of rotatable bonds is 2. The van der Waals surface area contributed by atoms with Crippen molar-refractivity contribution in [1.29, 1.82) is 0 Å². The molecule has 21 heavy (non-hydrogen) atoms. The van der Waals surface area contributed by atoms with Gasteiger partial charge in [0, 0.05) is 18.7 Å². The first-order chi connectivity index (χ1) is 9.85. The highest BCUT2D eigenvalue weighted by Crippen LogP contribution is 2.39. The van der Waals surface area contributed by atoms with Crippen LogP contribution in [0.1, 0.15) is 51.9 Å². The van der Waals surface area contributed by atoms with Gasteiger partial charge in [-0.3, -0.25) is 0 Å². The molecule has 0 spiro atoms. The molecule has 1 atom stereocenters. The first kappa shape index (κ1) is 14.5. The number of imidazole rings is 1. The van der Waals surface area contributed by atoms with Crippen LogP contribution in [0.15, 0.2) is 18.2 Å². The van der Waals surface area contributed by atoms with Crippen LogP contribution in [0.3, 0.4) is 0 Å². The Bertz CT molecular complexity index is 660. The summed E-state index contributed by atoms with van der Waals surface area (Å²) in [5.41, 5.74) is 8.73. The smallest absolute Gasteiger partial charge is 0.142 e. The lowest BCUT2D eigenvalue weighted by molar-refractivity contribution is 0.00421. The van der Waals surface area contributed by atoms with Gasteiger partial charge in [-0.15, -0.1) is 0 Å². The number of benzene rings is 1. The van der Waals surface area contributed by atoms with Gasteiger partial charge in [-0.1, -0.05) is 6.07 Å². The second-order valence-corrected chi connectivity index (χ2v) is 7.15. The molecule has 1 fully saturated rings. The van der Waals surface area contributed by atoms with Crippen LogP contribution in [0.4, 0.5) is 0 Å². The first-order valence-electron chi connectivity index (χ1n) is 7.71. The first-order valence-corrected chi connectivity index (χ1v) is 7.71. The van der Waals surface area contributed by atoms with E-state index in [9.17, 15) is 0 Å². The Morgan fingerprint density at radius 2 is 2.14 bits per heavy atom. The maximum atomic E-state index is 6.04. The zero-order valence-corrected chi connectivity index (χ0v) is 13.4. The molecule has 3 rings (SSSR count). The van der Waals surface area contributed by atoms with E-state index in [2.05, 4.69) is 50.5 Å². The predicted molar refractivity (Wildman–Crippen MR) is 85.2 cm³/mol. The van der Waals surface area contributed by atoms with Crippen molar-refractivity contribution in [3.05, 3.63) is 29.6 Å². The van der Waals surface area contributed by atoms with E-state index in [1.807, 2.05) is 0 Å². The summed E-state index contributed by atoms with van der Waals surface area (Å²) in [5, 5.41) is 0. The van der Waals surface area contributed by atoms with Crippen molar-refractivity contribution < 1.29 is 4.74 Å². The van der Waals surface area contributed by atoms with Gasteiger partial charge in [0.1, 0.15) is 11.4 Å². The minimum Gasteiger partial charge on any atom is -0.367 e. The van der Waals surface area contributed by atoms with Crippen LogP contribution in [0, 0.1) is 0 Å².